The summed E-state index contributed by atoms with van der Waals surface area (Å²) in [5.41, 5.74) is 2.47. The molecule has 4 nitrogen and oxygen atoms in total. The smallest absolute Gasteiger partial charge is 0.348 e. The van der Waals surface area contributed by atoms with E-state index in [9.17, 15) is 9.00 Å². The highest BCUT2D eigenvalue weighted by Gasteiger charge is 2.20. The van der Waals surface area contributed by atoms with Crippen molar-refractivity contribution < 1.29 is 13.7 Å². The van der Waals surface area contributed by atoms with Crippen molar-refractivity contribution in [2.75, 3.05) is 13.4 Å². The molecule has 1 atom stereocenters. The average Bonchev–Trinajstić information content (AvgIpc) is 3.21. The predicted octanol–water partition coefficient (Wildman–Crippen LogP) is 4.72. The Kier molecular flexibility index (Phi) is 5.15. The molecule has 0 fully saturated rings. The van der Waals surface area contributed by atoms with Crippen molar-refractivity contribution >= 4 is 51.0 Å². The third kappa shape index (κ3) is 3.44. The van der Waals surface area contributed by atoms with E-state index in [0.29, 0.717) is 19.7 Å². The van der Waals surface area contributed by atoms with Gasteiger partial charge in [-0.2, -0.15) is 0 Å². The lowest BCUT2D eigenvalue weighted by molar-refractivity contribution is 0.0606. The molecule has 0 bridgehead atoms. The van der Waals surface area contributed by atoms with Crippen LogP contribution in [0, 0.1) is 0 Å². The Hall–Kier alpha value is -1.54. The standard InChI is InChI=1S/C16H12ClNO3S3/c1-21-15(19)13-7-11(16(23-13)24(2)20)14-18-12(8-22-14)9-3-5-10(17)6-4-9/h3-8H,1-2H3. The summed E-state index contributed by atoms with van der Waals surface area (Å²) in [5.74, 6) is -0.438. The summed E-state index contributed by atoms with van der Waals surface area (Å²) in [7, 11) is 0.109. The second-order valence-electron chi connectivity index (χ2n) is 4.80. The lowest BCUT2D eigenvalue weighted by atomic mass is 10.2. The predicted molar refractivity (Wildman–Crippen MR) is 99.5 cm³/mol. The van der Waals surface area contributed by atoms with Crippen molar-refractivity contribution in [3.8, 4) is 21.8 Å². The molecule has 0 aliphatic heterocycles. The number of methoxy groups -OCH3 is 1. The number of benzene rings is 1. The quantitative estimate of drug-likeness (QED) is 0.598. The van der Waals surface area contributed by atoms with E-state index in [1.54, 1.807) is 12.3 Å². The molecule has 0 aliphatic rings. The first-order valence-electron chi connectivity index (χ1n) is 6.77. The zero-order chi connectivity index (χ0) is 17.3. The largest absolute Gasteiger partial charge is 0.465 e. The van der Waals surface area contributed by atoms with Gasteiger partial charge in [-0.25, -0.2) is 9.78 Å². The summed E-state index contributed by atoms with van der Waals surface area (Å²) < 4.78 is 17.4. The van der Waals surface area contributed by atoms with Gasteiger partial charge in [0.1, 0.15) is 14.1 Å². The number of aromatic nitrogens is 1. The number of ether oxygens (including phenoxy) is 1. The van der Waals surface area contributed by atoms with Crippen LogP contribution in [0.2, 0.25) is 5.02 Å². The zero-order valence-electron chi connectivity index (χ0n) is 12.7. The summed E-state index contributed by atoms with van der Waals surface area (Å²) in [6, 6.07) is 9.10. The van der Waals surface area contributed by atoms with Crippen LogP contribution in [0.15, 0.2) is 39.9 Å². The average molecular weight is 398 g/mol. The summed E-state index contributed by atoms with van der Waals surface area (Å²) in [6.07, 6.45) is 1.59. The van der Waals surface area contributed by atoms with E-state index < -0.39 is 16.8 Å². The van der Waals surface area contributed by atoms with Crippen molar-refractivity contribution in [2.45, 2.75) is 4.21 Å². The van der Waals surface area contributed by atoms with Gasteiger partial charge in [0.2, 0.25) is 0 Å². The molecular formula is C16H12ClNO3S3. The minimum atomic E-state index is -1.22. The summed E-state index contributed by atoms with van der Waals surface area (Å²) >= 11 is 8.53. The second-order valence-corrected chi connectivity index (χ2v) is 8.72. The van der Waals surface area contributed by atoms with Gasteiger partial charge < -0.3 is 4.74 Å². The molecule has 0 radical (unpaired) electrons. The van der Waals surface area contributed by atoms with E-state index in [2.05, 4.69) is 4.98 Å². The minimum Gasteiger partial charge on any atom is -0.465 e. The number of hydrogen-bond donors (Lipinski definition) is 0. The molecule has 0 aliphatic carbocycles. The Bertz CT molecular complexity index is 915. The van der Waals surface area contributed by atoms with Crippen molar-refractivity contribution in [1.29, 1.82) is 0 Å². The Balaban J connectivity index is 2.03. The molecule has 0 amide bonds. The van der Waals surface area contributed by atoms with Crippen LogP contribution < -0.4 is 0 Å². The van der Waals surface area contributed by atoms with E-state index >= 15 is 0 Å². The molecule has 2 heterocycles. The number of nitrogens with zero attached hydrogens (tertiary/aromatic N) is 1. The number of carbonyl (C=O) groups is 1. The number of hydrogen-bond acceptors (Lipinski definition) is 6. The Morgan fingerprint density at radius 1 is 1.29 bits per heavy atom. The van der Waals surface area contributed by atoms with Crippen LogP contribution in [0.3, 0.4) is 0 Å². The maximum atomic E-state index is 12.0. The van der Waals surface area contributed by atoms with Gasteiger partial charge in [-0.3, -0.25) is 4.21 Å². The molecule has 0 spiro atoms. The van der Waals surface area contributed by atoms with Gasteiger partial charge in [-0.15, -0.1) is 22.7 Å². The van der Waals surface area contributed by atoms with Crippen LogP contribution >= 0.6 is 34.3 Å². The molecule has 2 aromatic heterocycles. The molecule has 0 saturated heterocycles. The van der Waals surface area contributed by atoms with Gasteiger partial charge >= 0.3 is 5.97 Å². The molecule has 3 rings (SSSR count). The number of carbonyl (C=O) groups excluding carboxylic acids is 1. The normalized spacial score (nSPS) is 12.1. The highest BCUT2D eigenvalue weighted by Crippen LogP contribution is 2.37. The summed E-state index contributed by atoms with van der Waals surface area (Å²) in [5, 5.41) is 3.31. The maximum absolute atomic E-state index is 12.0. The number of rotatable bonds is 4. The van der Waals surface area contributed by atoms with E-state index in [4.69, 9.17) is 16.3 Å². The van der Waals surface area contributed by atoms with Gasteiger partial charge in [-0.05, 0) is 18.2 Å². The maximum Gasteiger partial charge on any atom is 0.348 e. The number of esters is 1. The number of thiophene rings is 1. The third-order valence-corrected chi connectivity index (χ3v) is 6.95. The third-order valence-electron chi connectivity index (χ3n) is 3.22. The van der Waals surface area contributed by atoms with Gasteiger partial charge in [0.25, 0.3) is 0 Å². The summed E-state index contributed by atoms with van der Waals surface area (Å²) in [4.78, 5) is 16.8. The van der Waals surface area contributed by atoms with Crippen LogP contribution in [0.5, 0.6) is 0 Å². The minimum absolute atomic E-state index is 0.418. The molecular weight excluding hydrogens is 386 g/mol. The zero-order valence-corrected chi connectivity index (χ0v) is 15.9. The fourth-order valence-corrected chi connectivity index (χ4v) is 5.21. The molecule has 124 valence electrons. The van der Waals surface area contributed by atoms with E-state index in [1.165, 1.54) is 29.8 Å². The van der Waals surface area contributed by atoms with Gasteiger partial charge in [0.15, 0.2) is 0 Å². The van der Waals surface area contributed by atoms with Gasteiger partial charge in [-0.1, -0.05) is 23.7 Å². The molecule has 24 heavy (non-hydrogen) atoms. The fraction of sp³-hybridized carbons (Fsp3) is 0.125. The highest BCUT2D eigenvalue weighted by molar-refractivity contribution is 7.86. The molecule has 8 heteroatoms. The first-order valence-corrected chi connectivity index (χ1v) is 10.4. The van der Waals surface area contributed by atoms with Crippen molar-refractivity contribution in [3.05, 3.63) is 45.6 Å². The molecule has 3 aromatic rings. The first-order chi connectivity index (χ1) is 11.5. The summed E-state index contributed by atoms with van der Waals surface area (Å²) in [6.45, 7) is 0. The molecule has 0 N–H and O–H groups in total. The molecule has 1 unspecified atom stereocenters. The highest BCUT2D eigenvalue weighted by atomic mass is 35.5. The van der Waals surface area contributed by atoms with Crippen molar-refractivity contribution in [3.63, 3.8) is 0 Å². The Morgan fingerprint density at radius 3 is 2.62 bits per heavy atom. The van der Waals surface area contributed by atoms with E-state index in [1.807, 2.05) is 29.6 Å². The SMILES string of the molecule is COC(=O)c1cc(-c2nc(-c3ccc(Cl)cc3)cs2)c(S(C)=O)s1. The van der Waals surface area contributed by atoms with Gasteiger partial charge in [0.05, 0.1) is 23.6 Å². The Morgan fingerprint density at radius 2 is 2.00 bits per heavy atom. The second kappa shape index (κ2) is 7.14. The topological polar surface area (TPSA) is 56.3 Å². The number of thiazole rings is 1. The van der Waals surface area contributed by atoms with Crippen LogP contribution in [0.25, 0.3) is 21.8 Å². The monoisotopic (exact) mass is 397 g/mol. The first kappa shape index (κ1) is 17.3. The number of halogens is 1. The van der Waals surface area contributed by atoms with Crippen LogP contribution in [-0.4, -0.2) is 28.5 Å². The van der Waals surface area contributed by atoms with Crippen LogP contribution in [0.1, 0.15) is 9.67 Å². The Labute approximate surface area is 154 Å². The van der Waals surface area contributed by atoms with Crippen molar-refractivity contribution in [1.82, 2.24) is 4.98 Å². The van der Waals surface area contributed by atoms with Crippen molar-refractivity contribution in [2.24, 2.45) is 0 Å². The molecule has 0 saturated carbocycles. The van der Waals surface area contributed by atoms with Gasteiger partial charge in [0, 0.05) is 27.8 Å². The fourth-order valence-electron chi connectivity index (χ4n) is 2.09. The van der Waals surface area contributed by atoms with Crippen LogP contribution in [0.4, 0.5) is 0 Å². The van der Waals surface area contributed by atoms with E-state index in [0.717, 1.165) is 16.3 Å². The lowest BCUT2D eigenvalue weighted by Crippen LogP contribution is -1.96. The van der Waals surface area contributed by atoms with E-state index in [-0.39, 0.29) is 0 Å². The van der Waals surface area contributed by atoms with Crippen LogP contribution in [-0.2, 0) is 15.5 Å². The lowest BCUT2D eigenvalue weighted by Gasteiger charge is -1.97. The molecule has 1 aromatic carbocycles.